The lowest BCUT2D eigenvalue weighted by atomic mass is 9.95. The summed E-state index contributed by atoms with van der Waals surface area (Å²) in [5.41, 5.74) is 2.74. The molecule has 0 saturated carbocycles. The summed E-state index contributed by atoms with van der Waals surface area (Å²) >= 11 is 1.62. The number of benzene rings is 2. The Morgan fingerprint density at radius 1 is 1.25 bits per heavy atom. The first kappa shape index (κ1) is 27.9. The SMILES string of the molecule is CCOC(=O)c1c(CSc2ccccc2)n(C)c2cc(C#N)c(O)c(CN3CCC(CO)CC3)c12.Cl. The molecule has 36 heavy (non-hydrogen) atoms. The summed E-state index contributed by atoms with van der Waals surface area (Å²) in [5.74, 6) is 0.320. The van der Waals surface area contributed by atoms with E-state index in [1.807, 2.05) is 41.9 Å². The van der Waals surface area contributed by atoms with Gasteiger partial charge in [0.05, 0.1) is 23.3 Å². The largest absolute Gasteiger partial charge is 0.506 e. The molecule has 0 amide bonds. The number of aliphatic hydroxyl groups excluding tert-OH is 1. The molecule has 2 aromatic carbocycles. The standard InChI is InChI=1S/C27H31N3O4S.ClH/c1-3-34-27(33)25-23(17-35-20-7-5-4-6-8-20)29(2)22-13-19(14-28)26(32)21(24(22)25)15-30-11-9-18(16-31)10-12-30;/h4-8,13,18,31-32H,3,9-12,15-17H2,1-2H3;1H. The van der Waals surface area contributed by atoms with Crippen molar-refractivity contribution < 1.29 is 19.7 Å². The predicted octanol–water partition coefficient (Wildman–Crippen LogP) is 4.85. The second kappa shape index (κ2) is 12.5. The van der Waals surface area contributed by atoms with E-state index in [9.17, 15) is 20.3 Å². The maximum absolute atomic E-state index is 13.3. The fourth-order valence-electron chi connectivity index (χ4n) is 4.76. The third-order valence-electron chi connectivity index (χ3n) is 6.75. The second-order valence-electron chi connectivity index (χ2n) is 8.86. The van der Waals surface area contributed by atoms with E-state index in [0.29, 0.717) is 34.7 Å². The molecule has 0 atom stereocenters. The smallest absolute Gasteiger partial charge is 0.340 e. The van der Waals surface area contributed by atoms with Crippen LogP contribution in [-0.4, -0.2) is 52.0 Å². The van der Waals surface area contributed by atoms with Crippen molar-refractivity contribution in [2.24, 2.45) is 13.0 Å². The van der Waals surface area contributed by atoms with Crippen LogP contribution in [-0.2, 0) is 24.1 Å². The number of likely N-dealkylation sites (tertiary alicyclic amines) is 1. The van der Waals surface area contributed by atoms with Gasteiger partial charge < -0.3 is 19.5 Å². The van der Waals surface area contributed by atoms with Crippen molar-refractivity contribution in [1.82, 2.24) is 9.47 Å². The molecule has 1 aliphatic rings. The molecule has 0 radical (unpaired) electrons. The van der Waals surface area contributed by atoms with E-state index in [2.05, 4.69) is 11.0 Å². The number of aromatic hydroxyl groups is 1. The quantitative estimate of drug-likeness (QED) is 0.318. The highest BCUT2D eigenvalue weighted by Gasteiger charge is 2.29. The number of aryl methyl sites for hydroxylation is 1. The molecule has 1 saturated heterocycles. The fourth-order valence-corrected chi connectivity index (χ4v) is 5.76. The molecule has 4 rings (SSSR count). The molecule has 0 unspecified atom stereocenters. The van der Waals surface area contributed by atoms with E-state index < -0.39 is 5.97 Å². The molecule has 2 heterocycles. The van der Waals surface area contributed by atoms with Gasteiger partial charge >= 0.3 is 5.97 Å². The first-order chi connectivity index (χ1) is 17.0. The van der Waals surface area contributed by atoms with Crippen LogP contribution in [0.5, 0.6) is 5.75 Å². The minimum atomic E-state index is -0.425. The zero-order chi connectivity index (χ0) is 24.9. The number of fused-ring (bicyclic) bond motifs is 1. The van der Waals surface area contributed by atoms with Gasteiger partial charge in [-0.3, -0.25) is 4.90 Å². The predicted molar refractivity (Wildman–Crippen MR) is 144 cm³/mol. The van der Waals surface area contributed by atoms with Crippen molar-refractivity contribution in [3.8, 4) is 11.8 Å². The summed E-state index contributed by atoms with van der Waals surface area (Å²) in [7, 11) is 1.89. The van der Waals surface area contributed by atoms with E-state index in [1.54, 1.807) is 24.8 Å². The lowest BCUT2D eigenvalue weighted by molar-refractivity contribution is 0.0527. The number of thioether (sulfide) groups is 1. The van der Waals surface area contributed by atoms with Crippen molar-refractivity contribution in [3.05, 3.63) is 58.8 Å². The summed E-state index contributed by atoms with van der Waals surface area (Å²) in [4.78, 5) is 16.6. The Morgan fingerprint density at radius 3 is 2.56 bits per heavy atom. The molecule has 0 aliphatic carbocycles. The van der Waals surface area contributed by atoms with Gasteiger partial charge in [0.2, 0.25) is 0 Å². The number of hydrogen-bond acceptors (Lipinski definition) is 7. The Hall–Kier alpha value is -2.70. The molecule has 3 aromatic rings. The van der Waals surface area contributed by atoms with Crippen molar-refractivity contribution in [2.75, 3.05) is 26.3 Å². The monoisotopic (exact) mass is 529 g/mol. The number of phenolic OH excluding ortho intramolecular Hbond substituents is 1. The highest BCUT2D eigenvalue weighted by atomic mass is 35.5. The normalized spacial score (nSPS) is 14.4. The van der Waals surface area contributed by atoms with Crippen LogP contribution >= 0.6 is 24.2 Å². The van der Waals surface area contributed by atoms with Crippen LogP contribution in [0.2, 0.25) is 0 Å². The maximum Gasteiger partial charge on any atom is 0.340 e. The highest BCUT2D eigenvalue weighted by molar-refractivity contribution is 7.98. The van der Waals surface area contributed by atoms with Gasteiger partial charge in [-0.2, -0.15) is 5.26 Å². The van der Waals surface area contributed by atoms with Crippen molar-refractivity contribution in [3.63, 3.8) is 0 Å². The molecule has 1 aromatic heterocycles. The van der Waals surface area contributed by atoms with Crippen LogP contribution < -0.4 is 0 Å². The maximum atomic E-state index is 13.3. The van der Waals surface area contributed by atoms with Gasteiger partial charge in [-0.25, -0.2) is 4.79 Å². The molecule has 2 N–H and O–H groups in total. The highest BCUT2D eigenvalue weighted by Crippen LogP contribution is 2.39. The van der Waals surface area contributed by atoms with E-state index >= 15 is 0 Å². The van der Waals surface area contributed by atoms with E-state index in [1.165, 1.54) is 0 Å². The number of rotatable bonds is 8. The molecule has 7 nitrogen and oxygen atoms in total. The third-order valence-corrected chi connectivity index (χ3v) is 7.77. The molecule has 0 spiro atoms. The number of carbonyl (C=O) groups excluding carboxylic acids is 1. The first-order valence-electron chi connectivity index (χ1n) is 11.9. The van der Waals surface area contributed by atoms with Gasteiger partial charge in [0.25, 0.3) is 0 Å². The number of piperidine rings is 1. The van der Waals surface area contributed by atoms with Crippen LogP contribution in [0.15, 0.2) is 41.3 Å². The van der Waals surface area contributed by atoms with E-state index in [4.69, 9.17) is 4.74 Å². The number of nitrogens with zero attached hydrogens (tertiary/aromatic N) is 3. The first-order valence-corrected chi connectivity index (χ1v) is 12.9. The van der Waals surface area contributed by atoms with Gasteiger partial charge in [-0.1, -0.05) is 18.2 Å². The van der Waals surface area contributed by atoms with E-state index in [-0.39, 0.29) is 36.9 Å². The van der Waals surface area contributed by atoms with Crippen LogP contribution in [0.25, 0.3) is 10.9 Å². The second-order valence-corrected chi connectivity index (χ2v) is 9.91. The summed E-state index contributed by atoms with van der Waals surface area (Å²) < 4.78 is 7.41. The molecular weight excluding hydrogens is 498 g/mol. The molecule has 0 bridgehead atoms. The van der Waals surface area contributed by atoms with Crippen LogP contribution in [0, 0.1) is 17.2 Å². The third kappa shape index (κ3) is 5.65. The number of nitriles is 1. The van der Waals surface area contributed by atoms with Gasteiger partial charge in [0.1, 0.15) is 11.8 Å². The number of aromatic nitrogens is 1. The van der Waals surface area contributed by atoms with E-state index in [0.717, 1.165) is 42.0 Å². The molecule has 192 valence electrons. The zero-order valence-corrected chi connectivity index (χ0v) is 22.2. The molecule has 1 fully saturated rings. The Labute approximate surface area is 222 Å². The summed E-state index contributed by atoms with van der Waals surface area (Å²) in [6.07, 6.45) is 1.74. The molecule has 1 aliphatic heterocycles. The number of esters is 1. The average molecular weight is 530 g/mol. The van der Waals surface area contributed by atoms with Crippen molar-refractivity contribution in [2.45, 2.75) is 37.0 Å². The number of carbonyl (C=O) groups is 1. The van der Waals surface area contributed by atoms with Crippen molar-refractivity contribution >= 4 is 41.0 Å². The number of hydrogen-bond donors (Lipinski definition) is 2. The summed E-state index contributed by atoms with van der Waals surface area (Å²) in [6, 6.07) is 13.7. The minimum absolute atomic E-state index is 0. The Kier molecular flexibility index (Phi) is 9.69. The Balaban J connectivity index is 0.00000361. The number of phenols is 1. The fraction of sp³-hybridized carbons (Fsp3) is 0.407. The lowest BCUT2D eigenvalue weighted by Gasteiger charge is -2.31. The zero-order valence-electron chi connectivity index (χ0n) is 20.6. The topological polar surface area (TPSA) is 98.7 Å². The summed E-state index contributed by atoms with van der Waals surface area (Å²) in [5, 5.41) is 31.0. The van der Waals surface area contributed by atoms with Gasteiger partial charge in [-0.05, 0) is 57.0 Å². The minimum Gasteiger partial charge on any atom is -0.506 e. The van der Waals surface area contributed by atoms with Crippen LogP contribution in [0.1, 0.15) is 46.9 Å². The number of ether oxygens (including phenoxy) is 1. The van der Waals surface area contributed by atoms with Gasteiger partial charge in [0, 0.05) is 47.5 Å². The molecule has 9 heteroatoms. The average Bonchev–Trinajstić information content (AvgIpc) is 3.16. The van der Waals surface area contributed by atoms with Crippen molar-refractivity contribution in [1.29, 1.82) is 5.26 Å². The number of halogens is 1. The van der Waals surface area contributed by atoms with Gasteiger partial charge in [-0.15, -0.1) is 24.2 Å². The Bertz CT molecular complexity index is 1250. The molecular formula is C27H32ClN3O4S. The van der Waals surface area contributed by atoms with Crippen LogP contribution in [0.4, 0.5) is 0 Å². The van der Waals surface area contributed by atoms with Gasteiger partial charge in [0.15, 0.2) is 0 Å². The Morgan fingerprint density at radius 2 is 1.94 bits per heavy atom. The number of aliphatic hydroxyl groups is 1. The van der Waals surface area contributed by atoms with Crippen LogP contribution in [0.3, 0.4) is 0 Å². The summed E-state index contributed by atoms with van der Waals surface area (Å²) in [6.45, 7) is 4.17. The lowest BCUT2D eigenvalue weighted by Crippen LogP contribution is -2.34.